The van der Waals surface area contributed by atoms with Gasteiger partial charge in [0, 0.05) is 5.56 Å². The van der Waals surface area contributed by atoms with Gasteiger partial charge in [-0.2, -0.15) is 0 Å². The van der Waals surface area contributed by atoms with E-state index in [1.54, 1.807) is 4.90 Å². The summed E-state index contributed by atoms with van der Waals surface area (Å²) in [5.74, 6) is -0.354. The van der Waals surface area contributed by atoms with Crippen LogP contribution in [0.4, 0.5) is 0 Å². The molecule has 6 heteroatoms. The van der Waals surface area contributed by atoms with Crippen LogP contribution in [0.1, 0.15) is 11.1 Å². The summed E-state index contributed by atoms with van der Waals surface area (Å²) in [7, 11) is 0. The van der Waals surface area contributed by atoms with Crippen LogP contribution in [0.2, 0.25) is 0 Å². The number of carbonyl (C=O) groups is 1. The summed E-state index contributed by atoms with van der Waals surface area (Å²) in [5, 5.41) is 0.596. The molecule has 0 spiro atoms. The van der Waals surface area contributed by atoms with Gasteiger partial charge in [0.1, 0.15) is 18.3 Å². The highest BCUT2D eigenvalue weighted by molar-refractivity contribution is 6.66. The highest BCUT2D eigenvalue weighted by atomic mass is 35.5. The second-order valence-corrected chi connectivity index (χ2v) is 6.29. The first-order valence-corrected chi connectivity index (χ1v) is 8.52. The summed E-state index contributed by atoms with van der Waals surface area (Å²) in [4.78, 5) is 18.2. The molecule has 0 N–H and O–H groups in total. The van der Waals surface area contributed by atoms with Crippen molar-refractivity contribution in [2.24, 2.45) is 4.99 Å². The predicted molar refractivity (Wildman–Crippen MR) is 100 cm³/mol. The van der Waals surface area contributed by atoms with Gasteiger partial charge < -0.3 is 9.64 Å². The minimum absolute atomic E-state index is 0.0407. The number of aliphatic imine (C=N–C) groups is 1. The number of rotatable bonds is 5. The third-order valence-corrected chi connectivity index (χ3v) is 4.13. The molecular formula is C19H16Cl2N2O2. The molecule has 0 saturated carbocycles. The molecule has 1 aliphatic rings. The number of benzene rings is 2. The van der Waals surface area contributed by atoms with Crippen LogP contribution in [0, 0.1) is 0 Å². The van der Waals surface area contributed by atoms with Gasteiger partial charge in [0.15, 0.2) is 5.16 Å². The zero-order chi connectivity index (χ0) is 17.6. The Hall–Kier alpha value is -2.30. The van der Waals surface area contributed by atoms with Crippen molar-refractivity contribution >= 4 is 40.0 Å². The van der Waals surface area contributed by atoms with Gasteiger partial charge >= 0.3 is 5.97 Å². The van der Waals surface area contributed by atoms with Gasteiger partial charge in [-0.05, 0) is 5.56 Å². The average Bonchev–Trinajstić information content (AvgIpc) is 2.61. The first kappa shape index (κ1) is 17.5. The van der Waals surface area contributed by atoms with E-state index in [2.05, 4.69) is 4.99 Å². The van der Waals surface area contributed by atoms with E-state index < -0.39 is 0 Å². The Kier molecular flexibility index (Phi) is 5.74. The molecule has 2 aromatic carbocycles. The minimum Gasteiger partial charge on any atom is -0.459 e. The zero-order valence-corrected chi connectivity index (χ0v) is 14.9. The Morgan fingerprint density at radius 3 is 2.36 bits per heavy atom. The molecule has 0 bridgehead atoms. The SMILES string of the molecule is O=C(CN1CC(Cl)=NC(Cl)=C1c1ccccc1)OCc1ccccc1. The average molecular weight is 375 g/mol. The molecular weight excluding hydrogens is 359 g/mol. The molecule has 0 unspecified atom stereocenters. The summed E-state index contributed by atoms with van der Waals surface area (Å²) < 4.78 is 5.36. The third kappa shape index (κ3) is 4.62. The lowest BCUT2D eigenvalue weighted by molar-refractivity contribution is -0.145. The molecule has 4 nitrogen and oxygen atoms in total. The summed E-state index contributed by atoms with van der Waals surface area (Å²) in [6.45, 7) is 0.578. The molecule has 0 aromatic heterocycles. The van der Waals surface area contributed by atoms with Crippen molar-refractivity contribution in [3.8, 4) is 0 Å². The topological polar surface area (TPSA) is 41.9 Å². The molecule has 1 aliphatic heterocycles. The Morgan fingerprint density at radius 2 is 1.68 bits per heavy atom. The maximum atomic E-state index is 12.3. The number of ether oxygens (including phenoxy) is 1. The van der Waals surface area contributed by atoms with Crippen LogP contribution in [-0.2, 0) is 16.1 Å². The molecule has 3 rings (SSSR count). The van der Waals surface area contributed by atoms with E-state index in [1.165, 1.54) is 0 Å². The molecule has 0 radical (unpaired) electrons. The largest absolute Gasteiger partial charge is 0.459 e. The molecule has 0 amide bonds. The Bertz CT molecular complexity index is 805. The van der Waals surface area contributed by atoms with E-state index >= 15 is 0 Å². The molecule has 128 valence electrons. The summed E-state index contributed by atoms with van der Waals surface area (Å²) in [6, 6.07) is 19.1. The molecule has 0 fully saturated rings. The van der Waals surface area contributed by atoms with Crippen molar-refractivity contribution in [2.75, 3.05) is 13.1 Å². The van der Waals surface area contributed by atoms with Crippen molar-refractivity contribution in [3.63, 3.8) is 0 Å². The van der Waals surface area contributed by atoms with Gasteiger partial charge in [-0.3, -0.25) is 4.79 Å². The van der Waals surface area contributed by atoms with Crippen molar-refractivity contribution < 1.29 is 9.53 Å². The lowest BCUT2D eigenvalue weighted by atomic mass is 10.1. The molecule has 1 heterocycles. The maximum absolute atomic E-state index is 12.3. The van der Waals surface area contributed by atoms with Crippen LogP contribution < -0.4 is 0 Å². The smallest absolute Gasteiger partial charge is 0.325 e. The first-order valence-electron chi connectivity index (χ1n) is 7.76. The number of halogens is 2. The van der Waals surface area contributed by atoms with Crippen LogP contribution in [0.5, 0.6) is 0 Å². The van der Waals surface area contributed by atoms with Crippen molar-refractivity contribution in [1.29, 1.82) is 0 Å². The van der Waals surface area contributed by atoms with Gasteiger partial charge in [0.25, 0.3) is 0 Å². The normalized spacial score (nSPS) is 14.3. The quantitative estimate of drug-likeness (QED) is 0.580. The highest BCUT2D eigenvalue weighted by Gasteiger charge is 2.24. The second kappa shape index (κ2) is 8.19. The second-order valence-electron chi connectivity index (χ2n) is 5.50. The molecule has 25 heavy (non-hydrogen) atoms. The fraction of sp³-hybridized carbons (Fsp3) is 0.158. The number of nitrogens with zero attached hydrogens (tertiary/aromatic N) is 2. The number of hydrogen-bond donors (Lipinski definition) is 0. The van der Waals surface area contributed by atoms with Crippen LogP contribution in [0.25, 0.3) is 5.70 Å². The van der Waals surface area contributed by atoms with Gasteiger partial charge in [-0.25, -0.2) is 4.99 Å². The van der Waals surface area contributed by atoms with E-state index in [-0.39, 0.29) is 24.3 Å². The van der Waals surface area contributed by atoms with Gasteiger partial charge in [0.05, 0.1) is 12.2 Å². The monoisotopic (exact) mass is 374 g/mol. The zero-order valence-electron chi connectivity index (χ0n) is 13.4. The van der Waals surface area contributed by atoms with Crippen LogP contribution >= 0.6 is 23.2 Å². The Labute approximate surface area is 156 Å². The Balaban J connectivity index is 1.72. The van der Waals surface area contributed by atoms with Gasteiger partial charge in [-0.15, -0.1) is 0 Å². The first-order chi connectivity index (χ1) is 12.1. The number of esters is 1. The van der Waals surface area contributed by atoms with E-state index in [4.69, 9.17) is 27.9 Å². The van der Waals surface area contributed by atoms with Crippen LogP contribution in [0.3, 0.4) is 0 Å². The fourth-order valence-corrected chi connectivity index (χ4v) is 3.14. The number of hydrogen-bond acceptors (Lipinski definition) is 4. The predicted octanol–water partition coefficient (Wildman–Crippen LogP) is 4.25. The van der Waals surface area contributed by atoms with Crippen LogP contribution in [0.15, 0.2) is 70.8 Å². The van der Waals surface area contributed by atoms with Crippen molar-refractivity contribution in [2.45, 2.75) is 6.61 Å². The Morgan fingerprint density at radius 1 is 1.04 bits per heavy atom. The third-order valence-electron chi connectivity index (χ3n) is 3.66. The standard InChI is InChI=1S/C19H16Cl2N2O2/c20-16-11-23(12-17(24)25-13-14-7-3-1-4-8-14)18(19(21)22-16)15-9-5-2-6-10-15/h1-10H,11-13H2. The van der Waals surface area contributed by atoms with Gasteiger partial charge in [0.2, 0.25) is 0 Å². The maximum Gasteiger partial charge on any atom is 0.325 e. The van der Waals surface area contributed by atoms with E-state index in [9.17, 15) is 4.79 Å². The van der Waals surface area contributed by atoms with E-state index in [0.717, 1.165) is 11.1 Å². The molecule has 0 aliphatic carbocycles. The van der Waals surface area contributed by atoms with E-state index in [0.29, 0.717) is 17.4 Å². The van der Waals surface area contributed by atoms with Crippen molar-refractivity contribution in [3.05, 3.63) is 76.9 Å². The minimum atomic E-state index is -0.354. The highest BCUT2D eigenvalue weighted by Crippen LogP contribution is 2.30. The molecule has 2 aromatic rings. The molecule has 0 atom stereocenters. The molecule has 0 saturated heterocycles. The van der Waals surface area contributed by atoms with Crippen LogP contribution in [-0.4, -0.2) is 29.1 Å². The summed E-state index contributed by atoms with van der Waals surface area (Å²) in [6.07, 6.45) is 0. The lowest BCUT2D eigenvalue weighted by Gasteiger charge is -2.29. The fourth-order valence-electron chi connectivity index (χ4n) is 2.53. The summed E-state index contributed by atoms with van der Waals surface area (Å²) >= 11 is 12.3. The van der Waals surface area contributed by atoms with Crippen molar-refractivity contribution in [1.82, 2.24) is 4.90 Å². The van der Waals surface area contributed by atoms with E-state index in [1.807, 2.05) is 60.7 Å². The summed E-state index contributed by atoms with van der Waals surface area (Å²) in [5.41, 5.74) is 2.48. The number of carbonyl (C=O) groups excluding carboxylic acids is 1. The van der Waals surface area contributed by atoms with Gasteiger partial charge in [-0.1, -0.05) is 83.9 Å². The lowest BCUT2D eigenvalue weighted by Crippen LogP contribution is -2.35.